The lowest BCUT2D eigenvalue weighted by Crippen LogP contribution is -2.14. The van der Waals surface area contributed by atoms with Gasteiger partial charge in [0.2, 0.25) is 5.91 Å². The Morgan fingerprint density at radius 2 is 2.32 bits per heavy atom. The van der Waals surface area contributed by atoms with Crippen LogP contribution >= 0.6 is 23.1 Å². The van der Waals surface area contributed by atoms with Crippen molar-refractivity contribution in [2.45, 2.75) is 13.8 Å². The number of anilines is 2. The highest BCUT2D eigenvalue weighted by Crippen LogP contribution is 2.27. The van der Waals surface area contributed by atoms with Gasteiger partial charge in [0.05, 0.1) is 16.0 Å². The number of nitrogens with one attached hydrogen (secondary N) is 1. The molecule has 0 atom stereocenters. The molecule has 0 saturated heterocycles. The first kappa shape index (κ1) is 14.1. The molecule has 0 bridgehead atoms. The van der Waals surface area contributed by atoms with Gasteiger partial charge in [-0.05, 0) is 29.9 Å². The summed E-state index contributed by atoms with van der Waals surface area (Å²) >= 11 is 3.09. The molecule has 6 heteroatoms. The summed E-state index contributed by atoms with van der Waals surface area (Å²) in [7, 11) is 0. The van der Waals surface area contributed by atoms with E-state index in [4.69, 9.17) is 5.73 Å². The van der Waals surface area contributed by atoms with Crippen molar-refractivity contribution in [1.82, 2.24) is 4.98 Å². The zero-order valence-corrected chi connectivity index (χ0v) is 12.6. The van der Waals surface area contributed by atoms with Crippen LogP contribution in [-0.2, 0) is 4.79 Å². The number of carbonyl (C=O) groups is 1. The third-order valence-corrected chi connectivity index (χ3v) is 4.65. The minimum absolute atomic E-state index is 0.00215. The van der Waals surface area contributed by atoms with E-state index in [0.29, 0.717) is 22.5 Å². The Labute approximate surface area is 120 Å². The molecule has 1 aromatic carbocycles. The molecule has 0 unspecified atom stereocenters. The fourth-order valence-corrected chi connectivity index (χ4v) is 3.31. The molecule has 4 nitrogen and oxygen atoms in total. The van der Waals surface area contributed by atoms with Crippen molar-refractivity contribution in [3.05, 3.63) is 18.2 Å². The van der Waals surface area contributed by atoms with E-state index in [9.17, 15) is 4.79 Å². The highest BCUT2D eigenvalue weighted by molar-refractivity contribution is 7.99. The molecule has 0 radical (unpaired) electrons. The van der Waals surface area contributed by atoms with Crippen molar-refractivity contribution in [1.29, 1.82) is 0 Å². The Kier molecular flexibility index (Phi) is 4.66. The lowest BCUT2D eigenvalue weighted by Gasteiger charge is -2.03. The Bertz CT molecular complexity index is 580. The van der Waals surface area contributed by atoms with Gasteiger partial charge in [-0.25, -0.2) is 4.98 Å². The van der Waals surface area contributed by atoms with Gasteiger partial charge in [-0.15, -0.1) is 0 Å². The van der Waals surface area contributed by atoms with Crippen molar-refractivity contribution in [3.63, 3.8) is 0 Å². The van der Waals surface area contributed by atoms with Gasteiger partial charge in [-0.2, -0.15) is 11.8 Å². The summed E-state index contributed by atoms with van der Waals surface area (Å²) in [4.78, 5) is 16.1. The number of thiazole rings is 1. The van der Waals surface area contributed by atoms with Crippen molar-refractivity contribution in [2.75, 3.05) is 22.6 Å². The van der Waals surface area contributed by atoms with Crippen LogP contribution in [0.25, 0.3) is 10.2 Å². The van der Waals surface area contributed by atoms with Crippen molar-refractivity contribution >= 4 is 50.0 Å². The highest BCUT2D eigenvalue weighted by Gasteiger charge is 2.08. The summed E-state index contributed by atoms with van der Waals surface area (Å²) in [6, 6.07) is 5.55. The number of nitrogens with zero attached hydrogens (tertiary/aromatic N) is 1. The summed E-state index contributed by atoms with van der Waals surface area (Å²) in [6.07, 6.45) is 0. The number of nitrogens with two attached hydrogens (primary N) is 1. The first-order chi connectivity index (χ1) is 9.04. The number of thioether (sulfide) groups is 1. The Morgan fingerprint density at radius 1 is 1.53 bits per heavy atom. The van der Waals surface area contributed by atoms with E-state index in [2.05, 4.69) is 24.1 Å². The van der Waals surface area contributed by atoms with Crippen LogP contribution in [0.15, 0.2) is 18.2 Å². The van der Waals surface area contributed by atoms with Gasteiger partial charge in [-0.3, -0.25) is 4.79 Å². The Morgan fingerprint density at radius 3 is 3.05 bits per heavy atom. The van der Waals surface area contributed by atoms with Crippen molar-refractivity contribution in [3.8, 4) is 0 Å². The third kappa shape index (κ3) is 4.11. The second-order valence-electron chi connectivity index (χ2n) is 4.70. The maximum absolute atomic E-state index is 11.7. The third-order valence-electron chi connectivity index (χ3n) is 2.34. The number of hydrogen-bond donors (Lipinski definition) is 2. The van der Waals surface area contributed by atoms with Gasteiger partial charge in [0.1, 0.15) is 0 Å². The molecular weight excluding hydrogens is 278 g/mol. The molecule has 1 amide bonds. The fraction of sp³-hybridized carbons (Fsp3) is 0.385. The number of aromatic nitrogens is 1. The van der Waals surface area contributed by atoms with Crippen LogP contribution in [0.2, 0.25) is 0 Å². The number of fused-ring (bicyclic) bond motifs is 1. The van der Waals surface area contributed by atoms with Gasteiger partial charge in [-0.1, -0.05) is 25.2 Å². The normalized spacial score (nSPS) is 11.1. The first-order valence-electron chi connectivity index (χ1n) is 6.08. The lowest BCUT2D eigenvalue weighted by molar-refractivity contribution is -0.113. The van der Waals surface area contributed by atoms with E-state index in [0.717, 1.165) is 16.0 Å². The SMILES string of the molecule is CC(C)CSCC(=O)Nc1nc2ccc(N)cc2s1. The molecule has 0 aliphatic heterocycles. The fourth-order valence-electron chi connectivity index (χ4n) is 1.54. The quantitative estimate of drug-likeness (QED) is 0.831. The Balaban J connectivity index is 1.95. The number of rotatable bonds is 5. The number of nitrogen functional groups attached to an aromatic ring is 1. The molecule has 0 saturated carbocycles. The highest BCUT2D eigenvalue weighted by atomic mass is 32.2. The van der Waals surface area contributed by atoms with Crippen molar-refractivity contribution < 1.29 is 4.79 Å². The van der Waals surface area contributed by atoms with Crippen LogP contribution in [0, 0.1) is 5.92 Å². The molecule has 1 aromatic heterocycles. The van der Waals surface area contributed by atoms with Gasteiger partial charge in [0, 0.05) is 5.69 Å². The zero-order valence-electron chi connectivity index (χ0n) is 11.0. The number of hydrogen-bond acceptors (Lipinski definition) is 5. The number of carbonyl (C=O) groups excluding carboxylic acids is 1. The van der Waals surface area contributed by atoms with Gasteiger partial charge in [0.15, 0.2) is 5.13 Å². The summed E-state index contributed by atoms with van der Waals surface area (Å²) in [5.41, 5.74) is 7.29. The molecule has 0 fully saturated rings. The smallest absolute Gasteiger partial charge is 0.236 e. The molecule has 2 rings (SSSR count). The number of benzene rings is 1. The average Bonchev–Trinajstić information content (AvgIpc) is 2.69. The van der Waals surface area contributed by atoms with Crippen LogP contribution in [0.1, 0.15) is 13.8 Å². The monoisotopic (exact) mass is 295 g/mol. The minimum Gasteiger partial charge on any atom is -0.399 e. The van der Waals surface area contributed by atoms with Crippen LogP contribution in [0.3, 0.4) is 0 Å². The summed E-state index contributed by atoms with van der Waals surface area (Å²) in [5.74, 6) is 2.06. The molecule has 0 spiro atoms. The molecule has 102 valence electrons. The topological polar surface area (TPSA) is 68.0 Å². The zero-order chi connectivity index (χ0) is 13.8. The van der Waals surface area contributed by atoms with Crippen LogP contribution in [-0.4, -0.2) is 22.4 Å². The second-order valence-corrected chi connectivity index (χ2v) is 6.76. The van der Waals surface area contributed by atoms with E-state index in [1.807, 2.05) is 18.2 Å². The van der Waals surface area contributed by atoms with Crippen molar-refractivity contribution in [2.24, 2.45) is 5.92 Å². The van der Waals surface area contributed by atoms with Gasteiger partial charge >= 0.3 is 0 Å². The van der Waals surface area contributed by atoms with E-state index in [1.54, 1.807) is 11.8 Å². The summed E-state index contributed by atoms with van der Waals surface area (Å²) in [6.45, 7) is 4.28. The van der Waals surface area contributed by atoms with Crippen LogP contribution in [0.5, 0.6) is 0 Å². The van der Waals surface area contributed by atoms with Crippen LogP contribution in [0.4, 0.5) is 10.8 Å². The molecule has 19 heavy (non-hydrogen) atoms. The largest absolute Gasteiger partial charge is 0.399 e. The maximum Gasteiger partial charge on any atom is 0.236 e. The molecule has 2 aromatic rings. The van der Waals surface area contributed by atoms with Crippen LogP contribution < -0.4 is 11.1 Å². The predicted octanol–water partition coefficient (Wildman–Crippen LogP) is 3.21. The molecule has 1 heterocycles. The minimum atomic E-state index is -0.00215. The van der Waals surface area contributed by atoms with E-state index >= 15 is 0 Å². The molecule has 0 aliphatic carbocycles. The van der Waals surface area contributed by atoms with E-state index in [-0.39, 0.29) is 5.91 Å². The predicted molar refractivity (Wildman–Crippen MR) is 84.8 cm³/mol. The van der Waals surface area contributed by atoms with Gasteiger partial charge < -0.3 is 11.1 Å². The standard InChI is InChI=1S/C13H17N3OS2/c1-8(2)6-18-7-12(17)16-13-15-10-4-3-9(14)5-11(10)19-13/h3-5,8H,6-7,14H2,1-2H3,(H,15,16,17). The van der Waals surface area contributed by atoms with E-state index in [1.165, 1.54) is 11.3 Å². The van der Waals surface area contributed by atoms with Gasteiger partial charge in [0.25, 0.3) is 0 Å². The maximum atomic E-state index is 11.7. The average molecular weight is 295 g/mol. The molecular formula is C13H17N3OS2. The molecule has 0 aliphatic rings. The molecule has 3 N–H and O–H groups in total. The summed E-state index contributed by atoms with van der Waals surface area (Å²) < 4.78 is 0.991. The summed E-state index contributed by atoms with van der Waals surface area (Å²) in [5, 5.41) is 3.47. The lowest BCUT2D eigenvalue weighted by atomic mass is 10.3. The first-order valence-corrected chi connectivity index (χ1v) is 8.05. The second kappa shape index (κ2) is 6.25. The van der Waals surface area contributed by atoms with E-state index < -0.39 is 0 Å². The Hall–Kier alpha value is -1.27. The number of amides is 1.